The molecule has 9 heteroatoms. The third-order valence-corrected chi connectivity index (χ3v) is 8.75. The summed E-state index contributed by atoms with van der Waals surface area (Å²) in [5, 5.41) is 3.75. The standard InChI is InChI=1S/C35H43BrN4O4/c1-9-10-18-39(35(42)38-32-25(21(2)3)15-13-16-26(32)22(4)5)23(6)33-37-28-17-12-11-14-27(28)34(41)40(33)29-19-24(43-7)20-30(44-8)31(29)36/h11-17,19-23H,9-10,18H2,1-8H3,(H,38,42). The first-order chi connectivity index (χ1) is 21.0. The first-order valence-corrected chi connectivity index (χ1v) is 16.0. The Labute approximate surface area is 268 Å². The minimum absolute atomic E-state index is 0.221. The number of hydrogen-bond acceptors (Lipinski definition) is 5. The van der Waals surface area contributed by atoms with Gasteiger partial charge in [0.15, 0.2) is 0 Å². The largest absolute Gasteiger partial charge is 0.497 e. The first-order valence-electron chi connectivity index (χ1n) is 15.2. The van der Waals surface area contributed by atoms with Gasteiger partial charge in [0.25, 0.3) is 5.56 Å². The Hall–Kier alpha value is -3.85. The highest BCUT2D eigenvalue weighted by molar-refractivity contribution is 9.10. The summed E-state index contributed by atoms with van der Waals surface area (Å²) >= 11 is 3.66. The molecule has 0 spiro atoms. The van der Waals surface area contributed by atoms with Gasteiger partial charge in [0.05, 0.1) is 41.3 Å². The lowest BCUT2D eigenvalue weighted by molar-refractivity contribution is 0.188. The van der Waals surface area contributed by atoms with Crippen molar-refractivity contribution in [2.24, 2.45) is 0 Å². The lowest BCUT2D eigenvalue weighted by Crippen LogP contribution is -2.41. The van der Waals surface area contributed by atoms with Gasteiger partial charge < -0.3 is 19.7 Å². The normalized spacial score (nSPS) is 12.1. The second-order valence-electron chi connectivity index (χ2n) is 11.6. The zero-order valence-electron chi connectivity index (χ0n) is 26.9. The molecule has 0 aliphatic carbocycles. The number of para-hydroxylation sites is 2. The molecule has 0 aliphatic heterocycles. The lowest BCUT2D eigenvalue weighted by Gasteiger charge is -2.32. The van der Waals surface area contributed by atoms with E-state index in [1.165, 1.54) is 0 Å². The van der Waals surface area contributed by atoms with Crippen LogP contribution in [0.15, 0.2) is 63.9 Å². The predicted molar refractivity (Wildman–Crippen MR) is 182 cm³/mol. The van der Waals surface area contributed by atoms with E-state index in [1.807, 2.05) is 25.1 Å². The number of methoxy groups -OCH3 is 2. The molecular weight excluding hydrogens is 620 g/mol. The summed E-state index contributed by atoms with van der Waals surface area (Å²) in [6.45, 7) is 13.0. The van der Waals surface area contributed by atoms with E-state index in [0.29, 0.717) is 44.9 Å². The monoisotopic (exact) mass is 662 g/mol. The van der Waals surface area contributed by atoms with E-state index in [-0.39, 0.29) is 23.4 Å². The van der Waals surface area contributed by atoms with Crippen molar-refractivity contribution < 1.29 is 14.3 Å². The molecule has 0 saturated carbocycles. The Balaban J connectivity index is 1.93. The number of hydrogen-bond donors (Lipinski definition) is 1. The van der Waals surface area contributed by atoms with Crippen LogP contribution in [0.3, 0.4) is 0 Å². The van der Waals surface area contributed by atoms with Crippen LogP contribution in [0.2, 0.25) is 0 Å². The van der Waals surface area contributed by atoms with Crippen LogP contribution >= 0.6 is 15.9 Å². The van der Waals surface area contributed by atoms with Crippen LogP contribution in [0, 0.1) is 0 Å². The molecule has 1 aromatic heterocycles. The van der Waals surface area contributed by atoms with E-state index in [1.54, 1.807) is 41.9 Å². The van der Waals surface area contributed by atoms with Gasteiger partial charge in [0.2, 0.25) is 0 Å². The topological polar surface area (TPSA) is 85.7 Å². The minimum Gasteiger partial charge on any atom is -0.497 e. The van der Waals surface area contributed by atoms with Crippen LogP contribution in [-0.2, 0) is 0 Å². The highest BCUT2D eigenvalue weighted by Crippen LogP contribution is 2.37. The van der Waals surface area contributed by atoms with Crippen LogP contribution in [0.1, 0.15) is 89.2 Å². The number of anilines is 1. The molecule has 0 aliphatic rings. The molecule has 0 bridgehead atoms. The number of urea groups is 1. The highest BCUT2D eigenvalue weighted by Gasteiger charge is 2.29. The summed E-state index contributed by atoms with van der Waals surface area (Å²) in [5.74, 6) is 1.89. The molecule has 0 saturated heterocycles. The quantitative estimate of drug-likeness (QED) is 0.173. The molecule has 4 rings (SSSR count). The number of unbranched alkanes of at least 4 members (excludes halogenated alkanes) is 1. The molecule has 1 N–H and O–H groups in total. The van der Waals surface area contributed by atoms with E-state index in [9.17, 15) is 9.59 Å². The van der Waals surface area contributed by atoms with Crippen molar-refractivity contribution in [2.45, 2.75) is 72.3 Å². The van der Waals surface area contributed by atoms with Crippen molar-refractivity contribution >= 4 is 38.6 Å². The van der Waals surface area contributed by atoms with Crippen molar-refractivity contribution in [1.82, 2.24) is 14.5 Å². The fourth-order valence-electron chi connectivity index (χ4n) is 5.46. The average Bonchev–Trinajstić information content (AvgIpc) is 3.01. The van der Waals surface area contributed by atoms with Gasteiger partial charge in [-0.05, 0) is 64.4 Å². The zero-order valence-corrected chi connectivity index (χ0v) is 28.5. The summed E-state index contributed by atoms with van der Waals surface area (Å²) < 4.78 is 13.3. The van der Waals surface area contributed by atoms with E-state index in [2.05, 4.69) is 74.1 Å². The molecule has 44 heavy (non-hydrogen) atoms. The number of benzene rings is 3. The molecular formula is C35H43BrN4O4. The number of fused-ring (bicyclic) bond motifs is 1. The number of amides is 2. The minimum atomic E-state index is -0.573. The maximum absolute atomic E-state index is 14.3. The molecule has 3 aromatic carbocycles. The Morgan fingerprint density at radius 1 is 0.977 bits per heavy atom. The fourth-order valence-corrected chi connectivity index (χ4v) is 6.03. The maximum atomic E-state index is 14.3. The van der Waals surface area contributed by atoms with Crippen molar-refractivity contribution in [3.63, 3.8) is 0 Å². The predicted octanol–water partition coefficient (Wildman–Crippen LogP) is 8.81. The maximum Gasteiger partial charge on any atom is 0.322 e. The SMILES string of the molecule is CCCCN(C(=O)Nc1c(C(C)C)cccc1C(C)C)C(C)c1nc2ccccc2c(=O)n1-c1cc(OC)cc(OC)c1Br. The van der Waals surface area contributed by atoms with Crippen molar-refractivity contribution in [1.29, 1.82) is 0 Å². The fraction of sp³-hybridized carbons (Fsp3) is 0.400. The molecule has 234 valence electrons. The Morgan fingerprint density at radius 2 is 1.64 bits per heavy atom. The van der Waals surface area contributed by atoms with Crippen molar-refractivity contribution in [3.8, 4) is 17.2 Å². The van der Waals surface area contributed by atoms with Crippen molar-refractivity contribution in [3.05, 3.63) is 86.4 Å². The molecule has 2 amide bonds. The smallest absolute Gasteiger partial charge is 0.322 e. The van der Waals surface area contributed by atoms with Crippen LogP contribution < -0.4 is 20.3 Å². The number of carbonyl (C=O) groups is 1. The van der Waals surface area contributed by atoms with Gasteiger partial charge in [-0.15, -0.1) is 0 Å². The Morgan fingerprint density at radius 3 is 2.23 bits per heavy atom. The summed E-state index contributed by atoms with van der Waals surface area (Å²) in [7, 11) is 3.13. The molecule has 1 unspecified atom stereocenters. The molecule has 8 nitrogen and oxygen atoms in total. The van der Waals surface area contributed by atoms with Gasteiger partial charge in [-0.2, -0.15) is 0 Å². The zero-order chi connectivity index (χ0) is 32.1. The van der Waals surface area contributed by atoms with Crippen LogP contribution in [0.4, 0.5) is 10.5 Å². The van der Waals surface area contributed by atoms with Gasteiger partial charge in [-0.1, -0.05) is 71.4 Å². The van der Waals surface area contributed by atoms with Gasteiger partial charge >= 0.3 is 6.03 Å². The number of aromatic nitrogens is 2. The van der Waals surface area contributed by atoms with E-state index in [0.717, 1.165) is 29.7 Å². The molecule has 0 radical (unpaired) electrons. The Bertz CT molecular complexity index is 1670. The molecule has 1 heterocycles. The third-order valence-electron chi connectivity index (χ3n) is 7.95. The van der Waals surface area contributed by atoms with E-state index >= 15 is 0 Å². The van der Waals surface area contributed by atoms with E-state index < -0.39 is 6.04 Å². The van der Waals surface area contributed by atoms with Gasteiger partial charge in [-0.25, -0.2) is 9.78 Å². The Kier molecular flexibility index (Phi) is 10.7. The van der Waals surface area contributed by atoms with Crippen LogP contribution in [-0.4, -0.2) is 41.2 Å². The molecule has 0 fully saturated rings. The number of nitrogens with zero attached hydrogens (tertiary/aromatic N) is 3. The summed E-state index contributed by atoms with van der Waals surface area (Å²) in [6.07, 6.45) is 1.68. The average molecular weight is 664 g/mol. The molecule has 4 aromatic rings. The molecule has 1 atom stereocenters. The van der Waals surface area contributed by atoms with E-state index in [4.69, 9.17) is 14.5 Å². The number of carbonyl (C=O) groups excluding carboxylic acids is 1. The number of nitrogens with one attached hydrogen (secondary N) is 1. The third kappa shape index (κ3) is 6.62. The van der Waals surface area contributed by atoms with Gasteiger partial charge in [0.1, 0.15) is 17.3 Å². The lowest BCUT2D eigenvalue weighted by atomic mass is 9.92. The van der Waals surface area contributed by atoms with Gasteiger partial charge in [-0.3, -0.25) is 9.36 Å². The summed E-state index contributed by atoms with van der Waals surface area (Å²) in [4.78, 5) is 35.3. The summed E-state index contributed by atoms with van der Waals surface area (Å²) in [5.41, 5.74) is 3.83. The summed E-state index contributed by atoms with van der Waals surface area (Å²) in [6, 6.07) is 16.2. The first kappa shape index (κ1) is 33.1. The van der Waals surface area contributed by atoms with Crippen LogP contribution in [0.25, 0.3) is 16.6 Å². The number of halogens is 1. The highest BCUT2D eigenvalue weighted by atomic mass is 79.9. The number of ether oxygens (including phenoxy) is 2. The van der Waals surface area contributed by atoms with Crippen molar-refractivity contribution in [2.75, 3.05) is 26.1 Å². The van der Waals surface area contributed by atoms with Gasteiger partial charge in [0, 0.05) is 24.4 Å². The number of rotatable bonds is 11. The second-order valence-corrected chi connectivity index (χ2v) is 12.4. The second kappa shape index (κ2) is 14.3. The van der Waals surface area contributed by atoms with Crippen LogP contribution in [0.5, 0.6) is 11.5 Å².